The lowest BCUT2D eigenvalue weighted by atomic mass is 9.98. The van der Waals surface area contributed by atoms with E-state index in [0.29, 0.717) is 17.8 Å². The molecule has 1 aromatic carbocycles. The topological polar surface area (TPSA) is 23.8 Å². The predicted molar refractivity (Wildman–Crippen MR) is 61.8 cm³/mol. The fraction of sp³-hybridized carbons (Fsp3) is 0.500. The summed E-state index contributed by atoms with van der Waals surface area (Å²) in [6.07, 6.45) is -3.45. The van der Waals surface area contributed by atoms with Crippen LogP contribution in [0.5, 0.6) is 0 Å². The van der Waals surface area contributed by atoms with E-state index >= 15 is 0 Å². The van der Waals surface area contributed by atoms with Crippen molar-refractivity contribution in [2.75, 3.05) is 0 Å². The number of benzene rings is 1. The van der Waals surface area contributed by atoms with Crippen LogP contribution in [-0.4, -0.2) is 0 Å². The van der Waals surface area contributed by atoms with E-state index in [-0.39, 0.29) is 5.56 Å². The van der Waals surface area contributed by atoms with Crippen molar-refractivity contribution < 1.29 is 13.2 Å². The van der Waals surface area contributed by atoms with Crippen molar-refractivity contribution in [1.29, 1.82) is 5.26 Å². The lowest BCUT2D eigenvalue weighted by Gasteiger charge is -2.10. The Balaban J connectivity index is 2.30. The number of nitriles is 1. The van der Waals surface area contributed by atoms with Crippen LogP contribution in [0.4, 0.5) is 13.2 Å². The Kier molecular flexibility index (Phi) is 3.10. The summed E-state index contributed by atoms with van der Waals surface area (Å²) < 4.78 is 37.9. The third-order valence-corrected chi connectivity index (χ3v) is 3.59. The zero-order valence-electron chi connectivity index (χ0n) is 10.3. The van der Waals surface area contributed by atoms with Gasteiger partial charge in [-0.2, -0.15) is 18.4 Å². The minimum absolute atomic E-state index is 0.269. The van der Waals surface area contributed by atoms with Gasteiger partial charge in [-0.1, -0.05) is 19.9 Å². The van der Waals surface area contributed by atoms with Crippen LogP contribution in [0.1, 0.15) is 42.9 Å². The van der Waals surface area contributed by atoms with Gasteiger partial charge in [-0.25, -0.2) is 0 Å². The number of nitrogens with zero attached hydrogens (tertiary/aromatic N) is 1. The van der Waals surface area contributed by atoms with Crippen molar-refractivity contribution in [2.45, 2.75) is 32.4 Å². The molecule has 1 aliphatic rings. The van der Waals surface area contributed by atoms with E-state index in [2.05, 4.69) is 13.8 Å². The summed E-state index contributed by atoms with van der Waals surface area (Å²) in [5.74, 6) is 1.38. The van der Waals surface area contributed by atoms with E-state index in [1.807, 2.05) is 0 Å². The molecule has 0 bridgehead atoms. The van der Waals surface area contributed by atoms with Crippen LogP contribution in [0, 0.1) is 23.2 Å². The Morgan fingerprint density at radius 2 is 2.00 bits per heavy atom. The van der Waals surface area contributed by atoms with Crippen molar-refractivity contribution in [3.63, 3.8) is 0 Å². The van der Waals surface area contributed by atoms with Gasteiger partial charge in [0.25, 0.3) is 0 Å². The van der Waals surface area contributed by atoms with Crippen molar-refractivity contribution in [3.05, 3.63) is 34.9 Å². The van der Waals surface area contributed by atoms with Crippen LogP contribution in [0.3, 0.4) is 0 Å². The molecule has 1 aliphatic carbocycles. The molecule has 0 aliphatic heterocycles. The van der Waals surface area contributed by atoms with Crippen molar-refractivity contribution in [1.82, 2.24) is 0 Å². The molecule has 0 aromatic heterocycles. The second kappa shape index (κ2) is 4.31. The number of hydrogen-bond donors (Lipinski definition) is 0. The maximum absolute atomic E-state index is 12.6. The smallest absolute Gasteiger partial charge is 0.192 e. The maximum Gasteiger partial charge on any atom is 0.417 e. The zero-order chi connectivity index (χ0) is 13.5. The summed E-state index contributed by atoms with van der Waals surface area (Å²) in [6, 6.07) is 5.59. The summed E-state index contributed by atoms with van der Waals surface area (Å²) >= 11 is 0. The number of rotatable bonds is 2. The first-order valence-corrected chi connectivity index (χ1v) is 5.96. The van der Waals surface area contributed by atoms with Gasteiger partial charge in [0, 0.05) is 0 Å². The standard InChI is InChI=1S/C14H14F3N/c1-8(2)11-6-12(11)9-3-4-13(14(15,16)17)10(5-9)7-18/h3-5,8,11-12H,6H2,1-2H3/t11-,12-/m1/s1. The molecule has 0 amide bonds. The van der Waals surface area contributed by atoms with Crippen molar-refractivity contribution >= 4 is 0 Å². The molecule has 0 saturated heterocycles. The highest BCUT2D eigenvalue weighted by molar-refractivity contribution is 5.44. The predicted octanol–water partition coefficient (Wildman–Crippen LogP) is 4.34. The van der Waals surface area contributed by atoms with Gasteiger partial charge in [0.15, 0.2) is 0 Å². The van der Waals surface area contributed by atoms with E-state index in [0.717, 1.165) is 18.1 Å². The minimum atomic E-state index is -4.45. The Hall–Kier alpha value is -1.50. The van der Waals surface area contributed by atoms with E-state index in [1.54, 1.807) is 6.07 Å². The molecule has 4 heteroatoms. The summed E-state index contributed by atoms with van der Waals surface area (Å²) in [6.45, 7) is 4.22. The fourth-order valence-electron chi connectivity index (χ4n) is 2.47. The monoisotopic (exact) mass is 253 g/mol. The average Bonchev–Trinajstić information content (AvgIpc) is 3.06. The minimum Gasteiger partial charge on any atom is -0.192 e. The number of halogens is 3. The summed E-state index contributed by atoms with van der Waals surface area (Å²) in [5, 5.41) is 8.83. The Bertz CT molecular complexity index is 497. The fourth-order valence-corrected chi connectivity index (χ4v) is 2.47. The third kappa shape index (κ3) is 2.35. The number of hydrogen-bond acceptors (Lipinski definition) is 1. The first kappa shape index (κ1) is 12.9. The van der Waals surface area contributed by atoms with Crippen LogP contribution in [-0.2, 0) is 6.18 Å². The molecule has 18 heavy (non-hydrogen) atoms. The summed E-state index contributed by atoms with van der Waals surface area (Å²) in [5.41, 5.74) is -0.247. The molecular weight excluding hydrogens is 239 g/mol. The highest BCUT2D eigenvalue weighted by Crippen LogP contribution is 2.52. The molecule has 0 N–H and O–H groups in total. The third-order valence-electron chi connectivity index (χ3n) is 3.59. The van der Waals surface area contributed by atoms with Crippen molar-refractivity contribution in [3.8, 4) is 6.07 Å². The van der Waals surface area contributed by atoms with Crippen LogP contribution in [0.2, 0.25) is 0 Å². The van der Waals surface area contributed by atoms with Gasteiger partial charge >= 0.3 is 6.18 Å². The second-order valence-electron chi connectivity index (χ2n) is 5.16. The molecule has 1 aromatic rings. The van der Waals surface area contributed by atoms with Gasteiger partial charge < -0.3 is 0 Å². The molecule has 1 fully saturated rings. The lowest BCUT2D eigenvalue weighted by molar-refractivity contribution is -0.137. The normalized spacial score (nSPS) is 22.9. The molecule has 1 nitrogen and oxygen atoms in total. The number of alkyl halides is 3. The van der Waals surface area contributed by atoms with E-state index in [1.165, 1.54) is 12.1 Å². The first-order valence-electron chi connectivity index (χ1n) is 5.96. The Labute approximate surface area is 104 Å². The lowest BCUT2D eigenvalue weighted by Crippen LogP contribution is -2.08. The van der Waals surface area contributed by atoms with Crippen molar-refractivity contribution in [2.24, 2.45) is 11.8 Å². The Morgan fingerprint density at radius 1 is 1.33 bits per heavy atom. The summed E-state index contributed by atoms with van der Waals surface area (Å²) in [7, 11) is 0. The molecule has 0 radical (unpaired) electrons. The highest BCUT2D eigenvalue weighted by Gasteiger charge is 2.41. The van der Waals surface area contributed by atoms with E-state index in [9.17, 15) is 13.2 Å². The molecule has 2 rings (SSSR count). The average molecular weight is 253 g/mol. The van der Waals surface area contributed by atoms with E-state index in [4.69, 9.17) is 5.26 Å². The van der Waals surface area contributed by atoms with Gasteiger partial charge in [-0.05, 0) is 41.9 Å². The summed E-state index contributed by atoms with van der Waals surface area (Å²) in [4.78, 5) is 0. The van der Waals surface area contributed by atoms with Gasteiger partial charge in [0.05, 0.1) is 17.2 Å². The van der Waals surface area contributed by atoms with Crippen LogP contribution in [0.25, 0.3) is 0 Å². The van der Waals surface area contributed by atoms with E-state index < -0.39 is 11.7 Å². The highest BCUT2D eigenvalue weighted by atomic mass is 19.4. The molecule has 2 atom stereocenters. The van der Waals surface area contributed by atoms with Crippen LogP contribution >= 0.6 is 0 Å². The first-order chi connectivity index (χ1) is 8.34. The quantitative estimate of drug-likeness (QED) is 0.769. The largest absolute Gasteiger partial charge is 0.417 e. The maximum atomic E-state index is 12.6. The van der Waals surface area contributed by atoms with Gasteiger partial charge in [0.2, 0.25) is 0 Å². The SMILES string of the molecule is CC(C)[C@H]1C[C@@H]1c1ccc(C(F)(F)F)c(C#N)c1. The Morgan fingerprint density at radius 3 is 2.44 bits per heavy atom. The van der Waals surface area contributed by atoms with Crippen LogP contribution in [0.15, 0.2) is 18.2 Å². The van der Waals surface area contributed by atoms with Crippen LogP contribution < -0.4 is 0 Å². The van der Waals surface area contributed by atoms with Gasteiger partial charge in [-0.15, -0.1) is 0 Å². The molecule has 0 spiro atoms. The molecule has 1 saturated carbocycles. The molecule has 0 heterocycles. The second-order valence-corrected chi connectivity index (χ2v) is 5.16. The molecule has 96 valence electrons. The zero-order valence-corrected chi connectivity index (χ0v) is 10.3. The molecule has 0 unspecified atom stereocenters. The van der Waals surface area contributed by atoms with Gasteiger partial charge in [0.1, 0.15) is 0 Å². The molecular formula is C14H14F3N. The van der Waals surface area contributed by atoms with Gasteiger partial charge in [-0.3, -0.25) is 0 Å².